The minimum Gasteiger partial charge on any atom is -0.349 e. The molecule has 0 saturated heterocycles. The van der Waals surface area contributed by atoms with Crippen molar-refractivity contribution < 1.29 is 4.79 Å². The van der Waals surface area contributed by atoms with Crippen LogP contribution in [0, 0.1) is 5.92 Å². The fraction of sp³-hybridized carbons (Fsp3) is 0.385. The molecule has 3 rings (SSSR count). The SMILES string of the molecule is NC(CNC(=O)c1cn2ccccc2n1)C1CC1. The van der Waals surface area contributed by atoms with Crippen LogP contribution in [0.3, 0.4) is 0 Å². The number of amides is 1. The number of imidazole rings is 1. The average molecular weight is 244 g/mol. The first-order chi connectivity index (χ1) is 8.74. The molecule has 1 atom stereocenters. The maximum atomic E-state index is 11.9. The standard InChI is InChI=1S/C13H16N4O/c14-10(9-4-5-9)7-15-13(18)11-8-17-6-2-1-3-12(17)16-11/h1-3,6,8-10H,4-5,7,14H2,(H,15,18). The molecule has 1 aliphatic carbocycles. The Morgan fingerprint density at radius 3 is 3.11 bits per heavy atom. The van der Waals surface area contributed by atoms with E-state index in [1.807, 2.05) is 28.8 Å². The summed E-state index contributed by atoms with van der Waals surface area (Å²) in [5, 5.41) is 2.84. The van der Waals surface area contributed by atoms with Crippen LogP contribution in [0.1, 0.15) is 23.3 Å². The van der Waals surface area contributed by atoms with Gasteiger partial charge in [-0.15, -0.1) is 0 Å². The van der Waals surface area contributed by atoms with Gasteiger partial charge in [-0.05, 0) is 30.9 Å². The van der Waals surface area contributed by atoms with Gasteiger partial charge in [-0.25, -0.2) is 4.98 Å². The van der Waals surface area contributed by atoms with E-state index in [1.54, 1.807) is 6.20 Å². The van der Waals surface area contributed by atoms with Crippen LogP contribution in [0.4, 0.5) is 0 Å². The Morgan fingerprint density at radius 2 is 2.39 bits per heavy atom. The zero-order valence-corrected chi connectivity index (χ0v) is 10.0. The largest absolute Gasteiger partial charge is 0.349 e. The van der Waals surface area contributed by atoms with E-state index >= 15 is 0 Å². The van der Waals surface area contributed by atoms with Crippen LogP contribution in [0.25, 0.3) is 5.65 Å². The highest BCUT2D eigenvalue weighted by Gasteiger charge is 2.28. The summed E-state index contributed by atoms with van der Waals surface area (Å²) in [5.74, 6) is 0.432. The van der Waals surface area contributed by atoms with Gasteiger partial charge in [0, 0.05) is 25.0 Å². The molecule has 5 nitrogen and oxygen atoms in total. The summed E-state index contributed by atoms with van der Waals surface area (Å²) in [5.41, 5.74) is 7.15. The minimum atomic E-state index is -0.158. The highest BCUT2D eigenvalue weighted by Crippen LogP contribution is 2.31. The van der Waals surface area contributed by atoms with E-state index in [0.29, 0.717) is 18.2 Å². The molecule has 2 heterocycles. The normalized spacial score (nSPS) is 16.7. The van der Waals surface area contributed by atoms with E-state index in [9.17, 15) is 4.79 Å². The number of fused-ring (bicyclic) bond motifs is 1. The zero-order chi connectivity index (χ0) is 12.5. The van der Waals surface area contributed by atoms with Gasteiger partial charge < -0.3 is 15.5 Å². The van der Waals surface area contributed by atoms with Crippen LogP contribution in [-0.4, -0.2) is 27.9 Å². The highest BCUT2D eigenvalue weighted by molar-refractivity contribution is 5.92. The number of carbonyl (C=O) groups is 1. The molecule has 5 heteroatoms. The van der Waals surface area contributed by atoms with Gasteiger partial charge in [0.1, 0.15) is 11.3 Å². The van der Waals surface area contributed by atoms with E-state index < -0.39 is 0 Å². The number of aromatic nitrogens is 2. The average Bonchev–Trinajstić information content (AvgIpc) is 3.14. The first-order valence-electron chi connectivity index (χ1n) is 6.21. The lowest BCUT2D eigenvalue weighted by atomic mass is 10.2. The van der Waals surface area contributed by atoms with Crippen molar-refractivity contribution in [3.63, 3.8) is 0 Å². The van der Waals surface area contributed by atoms with Crippen LogP contribution in [0.2, 0.25) is 0 Å². The first kappa shape index (κ1) is 11.2. The van der Waals surface area contributed by atoms with Crippen molar-refractivity contribution >= 4 is 11.6 Å². The minimum absolute atomic E-state index is 0.0750. The van der Waals surface area contributed by atoms with Crippen LogP contribution in [0.5, 0.6) is 0 Å². The first-order valence-corrected chi connectivity index (χ1v) is 6.21. The van der Waals surface area contributed by atoms with Crippen molar-refractivity contribution in [1.29, 1.82) is 0 Å². The lowest BCUT2D eigenvalue weighted by Crippen LogP contribution is -2.38. The maximum Gasteiger partial charge on any atom is 0.271 e. The van der Waals surface area contributed by atoms with Crippen molar-refractivity contribution in [2.75, 3.05) is 6.54 Å². The molecule has 0 spiro atoms. The molecule has 2 aromatic heterocycles. The molecule has 0 bridgehead atoms. The molecule has 1 fully saturated rings. The van der Waals surface area contributed by atoms with Gasteiger partial charge in [-0.2, -0.15) is 0 Å². The van der Waals surface area contributed by atoms with Gasteiger partial charge in [0.2, 0.25) is 0 Å². The summed E-state index contributed by atoms with van der Waals surface area (Å²) in [6, 6.07) is 5.74. The second-order valence-electron chi connectivity index (χ2n) is 4.80. The topological polar surface area (TPSA) is 72.4 Å². The van der Waals surface area contributed by atoms with Gasteiger partial charge in [0.25, 0.3) is 5.91 Å². The van der Waals surface area contributed by atoms with E-state index in [4.69, 9.17) is 5.73 Å². The Bertz CT molecular complexity index is 540. The lowest BCUT2D eigenvalue weighted by molar-refractivity contribution is 0.0946. The molecule has 1 amide bonds. The Morgan fingerprint density at radius 1 is 1.56 bits per heavy atom. The van der Waals surface area contributed by atoms with Crippen LogP contribution in [-0.2, 0) is 0 Å². The monoisotopic (exact) mass is 244 g/mol. The van der Waals surface area contributed by atoms with E-state index in [-0.39, 0.29) is 11.9 Å². The number of carbonyl (C=O) groups excluding carboxylic acids is 1. The van der Waals surface area contributed by atoms with Gasteiger partial charge in [-0.3, -0.25) is 4.79 Å². The highest BCUT2D eigenvalue weighted by atomic mass is 16.1. The summed E-state index contributed by atoms with van der Waals surface area (Å²) >= 11 is 0. The molecular formula is C13H16N4O. The summed E-state index contributed by atoms with van der Waals surface area (Å²) in [7, 11) is 0. The van der Waals surface area contributed by atoms with E-state index in [1.165, 1.54) is 12.8 Å². The van der Waals surface area contributed by atoms with Crippen LogP contribution >= 0.6 is 0 Å². The zero-order valence-electron chi connectivity index (χ0n) is 10.0. The van der Waals surface area contributed by atoms with Crippen molar-refractivity contribution in [3.05, 3.63) is 36.3 Å². The summed E-state index contributed by atoms with van der Waals surface area (Å²) < 4.78 is 1.83. The Hall–Kier alpha value is -1.88. The third kappa shape index (κ3) is 2.22. The lowest BCUT2D eigenvalue weighted by Gasteiger charge is -2.10. The van der Waals surface area contributed by atoms with Gasteiger partial charge in [0.05, 0.1) is 0 Å². The second kappa shape index (κ2) is 4.42. The fourth-order valence-electron chi connectivity index (χ4n) is 2.04. The molecule has 1 aliphatic rings. The van der Waals surface area contributed by atoms with E-state index in [2.05, 4.69) is 10.3 Å². The Kier molecular flexibility index (Phi) is 2.76. The molecule has 2 aromatic rings. The van der Waals surface area contributed by atoms with E-state index in [0.717, 1.165) is 5.65 Å². The second-order valence-corrected chi connectivity index (χ2v) is 4.80. The Labute approximate surface area is 105 Å². The van der Waals surface area contributed by atoms with Gasteiger partial charge >= 0.3 is 0 Å². The molecule has 1 unspecified atom stereocenters. The van der Waals surface area contributed by atoms with Gasteiger partial charge in [-0.1, -0.05) is 6.07 Å². The van der Waals surface area contributed by atoms with Crippen LogP contribution in [0.15, 0.2) is 30.6 Å². The van der Waals surface area contributed by atoms with Crippen molar-refractivity contribution in [2.45, 2.75) is 18.9 Å². The number of nitrogens with zero attached hydrogens (tertiary/aromatic N) is 2. The van der Waals surface area contributed by atoms with Crippen LogP contribution < -0.4 is 11.1 Å². The molecular weight excluding hydrogens is 228 g/mol. The van der Waals surface area contributed by atoms with Crippen molar-refractivity contribution in [2.24, 2.45) is 11.7 Å². The van der Waals surface area contributed by atoms with Gasteiger partial charge in [0.15, 0.2) is 0 Å². The predicted octanol–water partition coefficient (Wildman–Crippen LogP) is 0.801. The number of nitrogens with one attached hydrogen (secondary N) is 1. The quantitative estimate of drug-likeness (QED) is 0.835. The predicted molar refractivity (Wildman–Crippen MR) is 68.2 cm³/mol. The van der Waals surface area contributed by atoms with Crippen molar-refractivity contribution in [1.82, 2.24) is 14.7 Å². The number of hydrogen-bond acceptors (Lipinski definition) is 3. The van der Waals surface area contributed by atoms with Crippen molar-refractivity contribution in [3.8, 4) is 0 Å². The molecule has 0 aliphatic heterocycles. The maximum absolute atomic E-state index is 11.9. The number of rotatable bonds is 4. The summed E-state index contributed by atoms with van der Waals surface area (Å²) in [6.45, 7) is 0.525. The summed E-state index contributed by atoms with van der Waals surface area (Å²) in [4.78, 5) is 16.2. The molecule has 0 radical (unpaired) electrons. The molecule has 18 heavy (non-hydrogen) atoms. The smallest absolute Gasteiger partial charge is 0.271 e. The third-order valence-corrected chi connectivity index (χ3v) is 3.32. The molecule has 94 valence electrons. The summed E-state index contributed by atoms with van der Waals surface area (Å²) in [6.07, 6.45) is 5.97. The fourth-order valence-corrected chi connectivity index (χ4v) is 2.04. The number of pyridine rings is 1. The molecule has 3 N–H and O–H groups in total. The number of hydrogen-bond donors (Lipinski definition) is 2. The molecule has 0 aromatic carbocycles. The third-order valence-electron chi connectivity index (χ3n) is 3.32. The Balaban J connectivity index is 1.67. The molecule has 1 saturated carbocycles. The number of nitrogens with two attached hydrogens (primary N) is 1.